The molecule has 0 atom stereocenters. The molecule has 0 fully saturated rings. The van der Waals surface area contributed by atoms with E-state index < -0.39 is 20.7 Å². The number of nitrogens with one attached hydrogen (secondary N) is 1. The number of rotatable bonds is 3. The number of nitrogens with two attached hydrogens (primary N) is 1. The van der Waals surface area contributed by atoms with Gasteiger partial charge >= 0.3 is 0 Å². The maximum absolute atomic E-state index is 13.8. The Hall–Kier alpha value is -1.67. The zero-order valence-electron chi connectivity index (χ0n) is 9.47. The van der Waals surface area contributed by atoms with Crippen LogP contribution in [0.15, 0.2) is 46.0 Å². The molecule has 0 aliphatic heterocycles. The number of hydrogen-bond acceptors (Lipinski definition) is 4. The fourth-order valence-electron chi connectivity index (χ4n) is 1.41. The van der Waals surface area contributed by atoms with E-state index in [0.29, 0.717) is 0 Å². The summed E-state index contributed by atoms with van der Waals surface area (Å²) in [7, 11) is -4.05. The molecular weight excluding hydrogens is 337 g/mol. The smallest absolute Gasteiger partial charge is 0.264 e. The standard InChI is InChI=1S/C11H9BrFN3O2S/c12-9-5-7(14)6-10(11(9)13)19(17,18)16-8-1-3-15-4-2-8/h1-6H,14H2,(H,15,16). The highest BCUT2D eigenvalue weighted by atomic mass is 79.9. The molecule has 8 heteroatoms. The van der Waals surface area contributed by atoms with Crippen LogP contribution in [0.3, 0.4) is 0 Å². The van der Waals surface area contributed by atoms with E-state index in [1.807, 2.05) is 0 Å². The maximum atomic E-state index is 13.8. The van der Waals surface area contributed by atoms with Crippen molar-refractivity contribution in [3.63, 3.8) is 0 Å². The molecule has 19 heavy (non-hydrogen) atoms. The normalized spacial score (nSPS) is 11.3. The van der Waals surface area contributed by atoms with E-state index in [0.717, 1.165) is 6.07 Å². The Morgan fingerprint density at radius 2 is 1.89 bits per heavy atom. The summed E-state index contributed by atoms with van der Waals surface area (Å²) in [6.45, 7) is 0. The molecule has 0 bridgehead atoms. The molecule has 3 N–H and O–H groups in total. The average Bonchev–Trinajstić information content (AvgIpc) is 2.34. The van der Waals surface area contributed by atoms with Crippen molar-refractivity contribution in [3.05, 3.63) is 46.9 Å². The summed E-state index contributed by atoms with van der Waals surface area (Å²) in [6, 6.07) is 5.26. The number of anilines is 2. The lowest BCUT2D eigenvalue weighted by atomic mass is 10.3. The van der Waals surface area contributed by atoms with E-state index in [2.05, 4.69) is 25.6 Å². The first-order chi connectivity index (χ1) is 8.90. The minimum absolute atomic E-state index is 0.0115. The molecular formula is C11H9BrFN3O2S. The first-order valence-corrected chi connectivity index (χ1v) is 7.35. The lowest BCUT2D eigenvalue weighted by Crippen LogP contribution is -2.15. The molecule has 0 aliphatic carbocycles. The molecule has 1 heterocycles. The summed E-state index contributed by atoms with van der Waals surface area (Å²) in [5.74, 6) is -0.893. The molecule has 1 aromatic heterocycles. The zero-order chi connectivity index (χ0) is 14.0. The van der Waals surface area contributed by atoms with E-state index >= 15 is 0 Å². The minimum atomic E-state index is -4.05. The molecule has 0 aliphatic rings. The van der Waals surface area contributed by atoms with Crippen molar-refractivity contribution < 1.29 is 12.8 Å². The number of nitrogens with zero attached hydrogens (tertiary/aromatic N) is 1. The molecule has 0 radical (unpaired) electrons. The van der Waals surface area contributed by atoms with Crippen LogP contribution in [-0.2, 0) is 10.0 Å². The van der Waals surface area contributed by atoms with E-state index in [-0.39, 0.29) is 15.8 Å². The molecule has 0 spiro atoms. The Balaban J connectivity index is 2.46. The van der Waals surface area contributed by atoms with Crippen molar-refractivity contribution in [2.45, 2.75) is 4.90 Å². The van der Waals surface area contributed by atoms with Gasteiger partial charge in [-0.1, -0.05) is 0 Å². The Labute approximate surface area is 117 Å². The number of benzene rings is 1. The third kappa shape index (κ3) is 3.02. The van der Waals surface area contributed by atoms with Crippen LogP contribution in [0.1, 0.15) is 0 Å². The number of nitrogen functional groups attached to an aromatic ring is 1. The van der Waals surface area contributed by atoms with Crippen LogP contribution in [0.4, 0.5) is 15.8 Å². The highest BCUT2D eigenvalue weighted by molar-refractivity contribution is 9.10. The number of hydrogen-bond donors (Lipinski definition) is 2. The van der Waals surface area contributed by atoms with Crippen molar-refractivity contribution in [2.24, 2.45) is 0 Å². The Bertz CT molecular complexity index is 707. The van der Waals surface area contributed by atoms with E-state index in [9.17, 15) is 12.8 Å². The summed E-state index contributed by atoms with van der Waals surface area (Å²) in [5.41, 5.74) is 5.95. The summed E-state index contributed by atoms with van der Waals surface area (Å²) in [5, 5.41) is 0. The van der Waals surface area contributed by atoms with Gasteiger partial charge in [-0.05, 0) is 40.2 Å². The first-order valence-electron chi connectivity index (χ1n) is 5.07. The third-order valence-corrected chi connectivity index (χ3v) is 4.20. The van der Waals surface area contributed by atoms with Gasteiger partial charge in [0.2, 0.25) is 0 Å². The Morgan fingerprint density at radius 1 is 1.26 bits per heavy atom. The molecule has 100 valence electrons. The van der Waals surface area contributed by atoms with E-state index in [1.165, 1.54) is 30.6 Å². The fraction of sp³-hybridized carbons (Fsp3) is 0. The molecule has 1 aromatic carbocycles. The lowest BCUT2D eigenvalue weighted by molar-refractivity contribution is 0.567. The van der Waals surface area contributed by atoms with Gasteiger partial charge in [0.25, 0.3) is 10.0 Å². The number of pyridine rings is 1. The Morgan fingerprint density at radius 3 is 2.53 bits per heavy atom. The largest absolute Gasteiger partial charge is 0.399 e. The van der Waals surface area contributed by atoms with Crippen LogP contribution >= 0.6 is 15.9 Å². The van der Waals surface area contributed by atoms with Crippen LogP contribution in [0.2, 0.25) is 0 Å². The van der Waals surface area contributed by atoms with Crippen molar-refractivity contribution >= 4 is 37.3 Å². The zero-order valence-corrected chi connectivity index (χ0v) is 11.9. The molecule has 0 amide bonds. The van der Waals surface area contributed by atoms with Crippen LogP contribution in [0.25, 0.3) is 0 Å². The van der Waals surface area contributed by atoms with Gasteiger partial charge in [0.15, 0.2) is 5.82 Å². The number of sulfonamides is 1. The van der Waals surface area contributed by atoms with Crippen LogP contribution in [0.5, 0.6) is 0 Å². The summed E-state index contributed by atoms with van der Waals surface area (Å²) in [6.07, 6.45) is 2.84. The van der Waals surface area contributed by atoms with Crippen LogP contribution in [0, 0.1) is 5.82 Å². The van der Waals surface area contributed by atoms with Gasteiger partial charge in [0, 0.05) is 18.1 Å². The van der Waals surface area contributed by atoms with E-state index in [4.69, 9.17) is 5.73 Å². The van der Waals surface area contributed by atoms with Gasteiger partial charge in [-0.3, -0.25) is 9.71 Å². The summed E-state index contributed by atoms with van der Waals surface area (Å²) in [4.78, 5) is 3.24. The highest BCUT2D eigenvalue weighted by Crippen LogP contribution is 2.27. The predicted molar refractivity (Wildman–Crippen MR) is 73.6 cm³/mol. The second-order valence-electron chi connectivity index (χ2n) is 3.66. The maximum Gasteiger partial charge on any atom is 0.264 e. The van der Waals surface area contributed by atoms with Gasteiger partial charge in [-0.2, -0.15) is 0 Å². The molecule has 2 aromatic rings. The fourth-order valence-corrected chi connectivity index (χ4v) is 3.21. The quantitative estimate of drug-likeness (QED) is 0.836. The monoisotopic (exact) mass is 345 g/mol. The van der Waals surface area contributed by atoms with Gasteiger partial charge in [-0.25, -0.2) is 12.8 Å². The molecule has 0 saturated heterocycles. The van der Waals surface area contributed by atoms with Crippen molar-refractivity contribution in [1.82, 2.24) is 4.98 Å². The Kier molecular flexibility index (Phi) is 3.72. The van der Waals surface area contributed by atoms with Gasteiger partial charge in [-0.15, -0.1) is 0 Å². The summed E-state index contributed by atoms with van der Waals surface area (Å²) >= 11 is 2.92. The van der Waals surface area contributed by atoms with Gasteiger partial charge in [0.1, 0.15) is 4.90 Å². The topological polar surface area (TPSA) is 85.1 Å². The third-order valence-electron chi connectivity index (χ3n) is 2.24. The van der Waals surface area contributed by atoms with Crippen LogP contribution in [-0.4, -0.2) is 13.4 Å². The first kappa shape index (κ1) is 13.8. The molecule has 0 unspecified atom stereocenters. The number of aromatic nitrogens is 1. The predicted octanol–water partition coefficient (Wildman–Crippen LogP) is 2.37. The average molecular weight is 346 g/mol. The van der Waals surface area contributed by atoms with Crippen LogP contribution < -0.4 is 10.5 Å². The van der Waals surface area contributed by atoms with E-state index in [1.54, 1.807) is 0 Å². The summed E-state index contributed by atoms with van der Waals surface area (Å²) < 4.78 is 40.2. The second-order valence-corrected chi connectivity index (χ2v) is 6.16. The van der Waals surface area contributed by atoms with Gasteiger partial charge in [0.05, 0.1) is 10.2 Å². The second kappa shape index (κ2) is 5.14. The molecule has 0 saturated carbocycles. The minimum Gasteiger partial charge on any atom is -0.399 e. The molecule has 2 rings (SSSR count). The van der Waals surface area contributed by atoms with Gasteiger partial charge < -0.3 is 5.73 Å². The lowest BCUT2D eigenvalue weighted by Gasteiger charge is -2.10. The van der Waals surface area contributed by atoms with Crippen molar-refractivity contribution in [2.75, 3.05) is 10.5 Å². The highest BCUT2D eigenvalue weighted by Gasteiger charge is 2.21. The van der Waals surface area contributed by atoms with Crippen molar-refractivity contribution in [1.29, 1.82) is 0 Å². The molecule has 5 nitrogen and oxygen atoms in total. The van der Waals surface area contributed by atoms with Crippen molar-refractivity contribution in [3.8, 4) is 0 Å². The number of halogens is 2. The SMILES string of the molecule is Nc1cc(Br)c(F)c(S(=O)(=O)Nc2ccncc2)c1.